The first-order valence-electron chi connectivity index (χ1n) is 5.95. The smallest absolute Gasteiger partial charge is 0.243 e. The van der Waals surface area contributed by atoms with Crippen LogP contribution in [0.3, 0.4) is 0 Å². The Kier molecular flexibility index (Phi) is 3.45. The van der Waals surface area contributed by atoms with E-state index in [9.17, 15) is 8.42 Å². The summed E-state index contributed by atoms with van der Waals surface area (Å²) in [5, 5.41) is 0. The SMILES string of the molecule is Cc1cc(N)cc(C)c1S(=O)(=O)N1CC=CCC1. The number of nitrogens with zero attached hydrogens (tertiary/aromatic N) is 1. The third kappa shape index (κ3) is 2.28. The van der Waals surface area contributed by atoms with Crippen molar-refractivity contribution in [1.82, 2.24) is 4.31 Å². The zero-order valence-electron chi connectivity index (χ0n) is 10.7. The molecule has 5 heteroatoms. The largest absolute Gasteiger partial charge is 0.399 e. The van der Waals surface area contributed by atoms with Crippen molar-refractivity contribution in [3.05, 3.63) is 35.4 Å². The highest BCUT2D eigenvalue weighted by Gasteiger charge is 2.27. The number of sulfonamides is 1. The van der Waals surface area contributed by atoms with Crippen LogP contribution in [0.4, 0.5) is 5.69 Å². The molecule has 2 rings (SSSR count). The van der Waals surface area contributed by atoms with Gasteiger partial charge in [0.15, 0.2) is 0 Å². The Balaban J connectivity index is 2.51. The molecule has 4 nitrogen and oxygen atoms in total. The number of rotatable bonds is 2. The Labute approximate surface area is 108 Å². The molecular formula is C13H18N2O2S. The fourth-order valence-electron chi connectivity index (χ4n) is 2.36. The molecule has 2 N–H and O–H groups in total. The second-order valence-electron chi connectivity index (χ2n) is 4.61. The van der Waals surface area contributed by atoms with Gasteiger partial charge < -0.3 is 5.73 Å². The predicted octanol–water partition coefficient (Wildman–Crippen LogP) is 1.84. The highest BCUT2D eigenvalue weighted by atomic mass is 32.2. The number of nitrogen functional groups attached to an aromatic ring is 1. The summed E-state index contributed by atoms with van der Waals surface area (Å²) in [4.78, 5) is 0.395. The standard InChI is InChI=1S/C13H18N2O2S/c1-10-8-12(14)9-11(2)13(10)18(16,17)15-6-4-3-5-7-15/h3-4,8-9H,5-7,14H2,1-2H3. The van der Waals surface area contributed by atoms with E-state index in [-0.39, 0.29) is 0 Å². The van der Waals surface area contributed by atoms with Gasteiger partial charge in [-0.05, 0) is 43.5 Å². The molecule has 0 aliphatic carbocycles. The van der Waals surface area contributed by atoms with E-state index in [2.05, 4.69) is 0 Å². The van der Waals surface area contributed by atoms with Crippen LogP contribution in [0.15, 0.2) is 29.2 Å². The Hall–Kier alpha value is -1.33. The van der Waals surface area contributed by atoms with E-state index in [0.29, 0.717) is 34.8 Å². The second kappa shape index (κ2) is 4.74. The monoisotopic (exact) mass is 266 g/mol. The molecule has 1 aromatic rings. The van der Waals surface area contributed by atoms with Crippen molar-refractivity contribution < 1.29 is 8.42 Å². The third-order valence-corrected chi connectivity index (χ3v) is 5.27. The van der Waals surface area contributed by atoms with Crippen LogP contribution >= 0.6 is 0 Å². The maximum absolute atomic E-state index is 12.6. The Morgan fingerprint density at radius 2 is 1.78 bits per heavy atom. The number of hydrogen-bond acceptors (Lipinski definition) is 3. The molecule has 0 spiro atoms. The van der Waals surface area contributed by atoms with Gasteiger partial charge in [0.1, 0.15) is 0 Å². The summed E-state index contributed by atoms with van der Waals surface area (Å²) >= 11 is 0. The lowest BCUT2D eigenvalue weighted by Crippen LogP contribution is -2.34. The average Bonchev–Trinajstić information content (AvgIpc) is 2.28. The normalized spacial score (nSPS) is 17.0. The summed E-state index contributed by atoms with van der Waals surface area (Å²) in [6, 6.07) is 3.42. The number of anilines is 1. The maximum Gasteiger partial charge on any atom is 0.243 e. The van der Waals surface area contributed by atoms with Gasteiger partial charge in [0.25, 0.3) is 0 Å². The van der Waals surface area contributed by atoms with Crippen LogP contribution in [0, 0.1) is 13.8 Å². The topological polar surface area (TPSA) is 63.4 Å². The lowest BCUT2D eigenvalue weighted by atomic mass is 10.1. The first-order chi connectivity index (χ1) is 8.43. The minimum Gasteiger partial charge on any atom is -0.399 e. The minimum atomic E-state index is -3.41. The van der Waals surface area contributed by atoms with Gasteiger partial charge in [-0.1, -0.05) is 12.2 Å². The van der Waals surface area contributed by atoms with Gasteiger partial charge in [-0.2, -0.15) is 4.31 Å². The van der Waals surface area contributed by atoms with Gasteiger partial charge in [-0.25, -0.2) is 8.42 Å². The van der Waals surface area contributed by atoms with Crippen LogP contribution in [-0.4, -0.2) is 25.8 Å². The number of nitrogens with two attached hydrogens (primary N) is 1. The molecule has 0 saturated carbocycles. The number of hydrogen-bond donors (Lipinski definition) is 1. The van der Waals surface area contributed by atoms with Crippen molar-refractivity contribution in [2.45, 2.75) is 25.2 Å². The molecule has 1 aliphatic heterocycles. The summed E-state index contributed by atoms with van der Waals surface area (Å²) in [7, 11) is -3.41. The van der Waals surface area contributed by atoms with E-state index in [0.717, 1.165) is 6.42 Å². The molecule has 0 saturated heterocycles. The molecule has 18 heavy (non-hydrogen) atoms. The van der Waals surface area contributed by atoms with Crippen molar-refractivity contribution in [2.24, 2.45) is 0 Å². The van der Waals surface area contributed by atoms with E-state index in [4.69, 9.17) is 5.73 Å². The molecule has 0 radical (unpaired) electrons. The molecule has 0 atom stereocenters. The van der Waals surface area contributed by atoms with Gasteiger partial charge in [0, 0.05) is 18.8 Å². The predicted molar refractivity (Wildman–Crippen MR) is 72.8 cm³/mol. The third-order valence-electron chi connectivity index (χ3n) is 3.10. The highest BCUT2D eigenvalue weighted by molar-refractivity contribution is 7.89. The lowest BCUT2D eigenvalue weighted by Gasteiger charge is -2.24. The molecule has 1 aromatic carbocycles. The summed E-state index contributed by atoms with van der Waals surface area (Å²) in [6.45, 7) is 4.57. The fourth-order valence-corrected chi connectivity index (χ4v) is 4.18. The van der Waals surface area contributed by atoms with Crippen molar-refractivity contribution in [3.8, 4) is 0 Å². The van der Waals surface area contributed by atoms with Crippen molar-refractivity contribution in [1.29, 1.82) is 0 Å². The van der Waals surface area contributed by atoms with Crippen LogP contribution in [0.5, 0.6) is 0 Å². The Morgan fingerprint density at radius 1 is 1.17 bits per heavy atom. The van der Waals surface area contributed by atoms with E-state index in [1.54, 1.807) is 26.0 Å². The molecule has 0 aromatic heterocycles. The van der Waals surface area contributed by atoms with Gasteiger partial charge in [-0.15, -0.1) is 0 Å². The summed E-state index contributed by atoms with van der Waals surface area (Å²) in [5.74, 6) is 0. The minimum absolute atomic E-state index is 0.395. The van der Waals surface area contributed by atoms with E-state index in [1.165, 1.54) is 4.31 Å². The van der Waals surface area contributed by atoms with Gasteiger partial charge in [-0.3, -0.25) is 0 Å². The molecule has 98 valence electrons. The van der Waals surface area contributed by atoms with Crippen molar-refractivity contribution in [3.63, 3.8) is 0 Å². The van der Waals surface area contributed by atoms with Crippen LogP contribution in [0.1, 0.15) is 17.5 Å². The van der Waals surface area contributed by atoms with Gasteiger partial charge >= 0.3 is 0 Å². The zero-order valence-corrected chi connectivity index (χ0v) is 11.5. The molecule has 0 unspecified atom stereocenters. The number of benzene rings is 1. The van der Waals surface area contributed by atoms with E-state index >= 15 is 0 Å². The van der Waals surface area contributed by atoms with Crippen LogP contribution < -0.4 is 5.73 Å². The fraction of sp³-hybridized carbons (Fsp3) is 0.385. The first kappa shape index (κ1) is 13.1. The molecule has 0 amide bonds. The Bertz CT molecular complexity index is 568. The summed E-state index contributed by atoms with van der Waals surface area (Å²) < 4.78 is 26.7. The average molecular weight is 266 g/mol. The quantitative estimate of drug-likeness (QED) is 0.656. The van der Waals surface area contributed by atoms with Crippen LogP contribution in [0.25, 0.3) is 0 Å². The highest BCUT2D eigenvalue weighted by Crippen LogP contribution is 2.27. The van der Waals surface area contributed by atoms with E-state index in [1.807, 2.05) is 12.2 Å². The zero-order chi connectivity index (χ0) is 13.3. The Morgan fingerprint density at radius 3 is 2.28 bits per heavy atom. The van der Waals surface area contributed by atoms with E-state index < -0.39 is 10.0 Å². The second-order valence-corrected chi connectivity index (χ2v) is 6.48. The van der Waals surface area contributed by atoms with Crippen molar-refractivity contribution in [2.75, 3.05) is 18.8 Å². The van der Waals surface area contributed by atoms with Crippen LogP contribution in [-0.2, 0) is 10.0 Å². The lowest BCUT2D eigenvalue weighted by molar-refractivity contribution is 0.437. The van der Waals surface area contributed by atoms with Gasteiger partial charge in [0.05, 0.1) is 4.90 Å². The first-order valence-corrected chi connectivity index (χ1v) is 7.39. The molecule has 0 bridgehead atoms. The summed E-state index contributed by atoms with van der Waals surface area (Å²) in [5.41, 5.74) is 7.75. The van der Waals surface area contributed by atoms with Crippen LogP contribution in [0.2, 0.25) is 0 Å². The molecule has 1 heterocycles. The maximum atomic E-state index is 12.6. The number of aryl methyl sites for hydroxylation is 2. The van der Waals surface area contributed by atoms with Gasteiger partial charge in [0.2, 0.25) is 10.0 Å². The molecular weight excluding hydrogens is 248 g/mol. The van der Waals surface area contributed by atoms with Crippen molar-refractivity contribution >= 4 is 15.7 Å². The molecule has 0 fully saturated rings. The molecule has 1 aliphatic rings. The summed E-state index contributed by atoms with van der Waals surface area (Å²) in [6.07, 6.45) is 4.67.